The van der Waals surface area contributed by atoms with Crippen LogP contribution in [0.1, 0.15) is 33.1 Å². The van der Waals surface area contributed by atoms with Gasteiger partial charge < -0.3 is 10.2 Å². The van der Waals surface area contributed by atoms with Gasteiger partial charge in [0.05, 0.1) is 12.2 Å². The van der Waals surface area contributed by atoms with Gasteiger partial charge in [-0.2, -0.15) is 0 Å². The SMILES string of the molecule is C[C@H]1CC[C@H]([C@](C)(O)CO)CC1=O. The number of carbonyl (C=O) groups is 1. The molecule has 13 heavy (non-hydrogen) atoms. The van der Waals surface area contributed by atoms with Gasteiger partial charge in [0.25, 0.3) is 0 Å². The van der Waals surface area contributed by atoms with Gasteiger partial charge in [-0.25, -0.2) is 0 Å². The zero-order chi connectivity index (χ0) is 10.1. The molecule has 0 amide bonds. The van der Waals surface area contributed by atoms with E-state index in [-0.39, 0.29) is 24.2 Å². The van der Waals surface area contributed by atoms with Gasteiger partial charge in [0.2, 0.25) is 0 Å². The Morgan fingerprint density at radius 3 is 2.62 bits per heavy atom. The van der Waals surface area contributed by atoms with Crippen molar-refractivity contribution in [3.63, 3.8) is 0 Å². The quantitative estimate of drug-likeness (QED) is 0.668. The molecule has 1 saturated carbocycles. The number of hydrogen-bond acceptors (Lipinski definition) is 3. The summed E-state index contributed by atoms with van der Waals surface area (Å²) in [4.78, 5) is 11.4. The Kier molecular flexibility index (Phi) is 3.09. The van der Waals surface area contributed by atoms with Gasteiger partial charge in [-0.3, -0.25) is 4.79 Å². The molecule has 0 unspecified atom stereocenters. The van der Waals surface area contributed by atoms with E-state index in [1.807, 2.05) is 6.92 Å². The molecule has 1 fully saturated rings. The summed E-state index contributed by atoms with van der Waals surface area (Å²) >= 11 is 0. The van der Waals surface area contributed by atoms with Crippen molar-refractivity contribution in [2.75, 3.05) is 6.61 Å². The maximum Gasteiger partial charge on any atom is 0.136 e. The Morgan fingerprint density at radius 2 is 2.15 bits per heavy atom. The third-order valence-electron chi connectivity index (χ3n) is 3.14. The number of rotatable bonds is 2. The largest absolute Gasteiger partial charge is 0.393 e. The van der Waals surface area contributed by atoms with Crippen LogP contribution < -0.4 is 0 Å². The van der Waals surface area contributed by atoms with E-state index in [0.717, 1.165) is 12.8 Å². The highest BCUT2D eigenvalue weighted by atomic mass is 16.3. The van der Waals surface area contributed by atoms with Gasteiger partial charge in [-0.15, -0.1) is 0 Å². The average molecular weight is 186 g/mol. The Labute approximate surface area is 78.8 Å². The lowest BCUT2D eigenvalue weighted by Crippen LogP contribution is -2.42. The maximum absolute atomic E-state index is 11.4. The molecule has 1 rings (SSSR count). The van der Waals surface area contributed by atoms with E-state index < -0.39 is 5.60 Å². The van der Waals surface area contributed by atoms with Crippen LogP contribution in [0.2, 0.25) is 0 Å². The predicted molar refractivity (Wildman–Crippen MR) is 49.2 cm³/mol. The van der Waals surface area contributed by atoms with E-state index in [2.05, 4.69) is 0 Å². The van der Waals surface area contributed by atoms with Crippen molar-refractivity contribution in [1.82, 2.24) is 0 Å². The summed E-state index contributed by atoms with van der Waals surface area (Å²) in [5.41, 5.74) is -1.09. The Balaban J connectivity index is 2.60. The molecule has 0 aromatic heterocycles. The minimum absolute atomic E-state index is 0.0683. The number of Topliss-reactive ketones (excluding diaryl/α,β-unsaturated/α-hetero) is 1. The Morgan fingerprint density at radius 1 is 1.54 bits per heavy atom. The highest BCUT2D eigenvalue weighted by Crippen LogP contribution is 2.32. The van der Waals surface area contributed by atoms with Crippen molar-refractivity contribution in [3.05, 3.63) is 0 Å². The number of aliphatic hydroxyl groups is 2. The van der Waals surface area contributed by atoms with Gasteiger partial charge in [0.1, 0.15) is 5.78 Å². The van der Waals surface area contributed by atoms with Gasteiger partial charge >= 0.3 is 0 Å². The van der Waals surface area contributed by atoms with Crippen molar-refractivity contribution in [2.24, 2.45) is 11.8 Å². The molecule has 0 radical (unpaired) electrons. The molecule has 0 saturated heterocycles. The fraction of sp³-hybridized carbons (Fsp3) is 0.900. The van der Waals surface area contributed by atoms with E-state index in [1.165, 1.54) is 0 Å². The molecule has 3 heteroatoms. The Bertz CT molecular complexity index is 198. The first-order valence-electron chi connectivity index (χ1n) is 4.83. The lowest BCUT2D eigenvalue weighted by Gasteiger charge is -2.35. The summed E-state index contributed by atoms with van der Waals surface area (Å²) in [6.45, 7) is 3.26. The smallest absolute Gasteiger partial charge is 0.136 e. The number of aliphatic hydroxyl groups excluding tert-OH is 1. The van der Waals surface area contributed by atoms with Crippen LogP contribution in [0.4, 0.5) is 0 Å². The number of carbonyl (C=O) groups excluding carboxylic acids is 1. The first-order valence-corrected chi connectivity index (χ1v) is 4.83. The third-order valence-corrected chi connectivity index (χ3v) is 3.14. The van der Waals surface area contributed by atoms with Gasteiger partial charge in [0, 0.05) is 12.3 Å². The van der Waals surface area contributed by atoms with Gasteiger partial charge in [0.15, 0.2) is 0 Å². The molecule has 2 N–H and O–H groups in total. The monoisotopic (exact) mass is 186 g/mol. The van der Waals surface area contributed by atoms with E-state index in [1.54, 1.807) is 6.92 Å². The molecule has 76 valence electrons. The van der Waals surface area contributed by atoms with Crippen LogP contribution in [-0.4, -0.2) is 28.2 Å². The van der Waals surface area contributed by atoms with Gasteiger partial charge in [-0.05, 0) is 25.7 Å². The highest BCUT2D eigenvalue weighted by molar-refractivity contribution is 5.81. The van der Waals surface area contributed by atoms with Crippen molar-refractivity contribution in [3.8, 4) is 0 Å². The number of hydrogen-bond donors (Lipinski definition) is 2. The van der Waals surface area contributed by atoms with Crippen LogP contribution in [0.3, 0.4) is 0 Å². The number of ketones is 1. The zero-order valence-corrected chi connectivity index (χ0v) is 8.29. The second kappa shape index (κ2) is 3.76. The van der Waals surface area contributed by atoms with Crippen LogP contribution >= 0.6 is 0 Å². The minimum atomic E-state index is -1.09. The third kappa shape index (κ3) is 2.29. The maximum atomic E-state index is 11.4. The summed E-state index contributed by atoms with van der Waals surface area (Å²) in [5, 5.41) is 18.7. The standard InChI is InChI=1S/C10H18O3/c1-7-3-4-8(5-9(7)12)10(2,13)6-11/h7-8,11,13H,3-6H2,1-2H3/t7-,8-,10+/m0/s1. The summed E-state index contributed by atoms with van der Waals surface area (Å²) in [7, 11) is 0. The Hall–Kier alpha value is -0.410. The molecular formula is C10H18O3. The van der Waals surface area contributed by atoms with Crippen molar-refractivity contribution < 1.29 is 15.0 Å². The van der Waals surface area contributed by atoms with Crippen LogP contribution in [0.25, 0.3) is 0 Å². The molecule has 0 bridgehead atoms. The van der Waals surface area contributed by atoms with Crippen LogP contribution in [-0.2, 0) is 4.79 Å². The molecule has 0 spiro atoms. The first-order chi connectivity index (χ1) is 5.97. The summed E-state index contributed by atoms with van der Waals surface area (Å²) in [5.74, 6) is 0.275. The molecule has 0 aromatic rings. The fourth-order valence-corrected chi connectivity index (χ4v) is 1.82. The molecule has 0 heterocycles. The van der Waals surface area contributed by atoms with Gasteiger partial charge in [-0.1, -0.05) is 6.92 Å². The van der Waals surface area contributed by atoms with Crippen molar-refractivity contribution in [2.45, 2.75) is 38.7 Å². The van der Waals surface area contributed by atoms with E-state index >= 15 is 0 Å². The molecule has 0 aromatic carbocycles. The second-order valence-electron chi connectivity index (χ2n) is 4.36. The molecule has 0 aliphatic heterocycles. The van der Waals surface area contributed by atoms with E-state index in [4.69, 9.17) is 5.11 Å². The summed E-state index contributed by atoms with van der Waals surface area (Å²) < 4.78 is 0. The predicted octanol–water partition coefficient (Wildman–Crippen LogP) is 0.735. The average Bonchev–Trinajstić information content (AvgIpc) is 2.09. The van der Waals surface area contributed by atoms with Crippen LogP contribution in [0.15, 0.2) is 0 Å². The van der Waals surface area contributed by atoms with E-state index in [0.29, 0.717) is 6.42 Å². The molecular weight excluding hydrogens is 168 g/mol. The molecule has 3 nitrogen and oxygen atoms in total. The van der Waals surface area contributed by atoms with Crippen molar-refractivity contribution in [1.29, 1.82) is 0 Å². The van der Waals surface area contributed by atoms with E-state index in [9.17, 15) is 9.90 Å². The summed E-state index contributed by atoms with van der Waals surface area (Å²) in [6, 6.07) is 0. The summed E-state index contributed by atoms with van der Waals surface area (Å²) in [6.07, 6.45) is 2.08. The lowest BCUT2D eigenvalue weighted by molar-refractivity contribution is -0.131. The topological polar surface area (TPSA) is 57.5 Å². The minimum Gasteiger partial charge on any atom is -0.393 e. The van der Waals surface area contributed by atoms with Crippen LogP contribution in [0.5, 0.6) is 0 Å². The fourth-order valence-electron chi connectivity index (χ4n) is 1.82. The van der Waals surface area contributed by atoms with Crippen LogP contribution in [0, 0.1) is 11.8 Å². The molecule has 1 aliphatic carbocycles. The lowest BCUT2D eigenvalue weighted by atomic mass is 9.74. The normalized spacial score (nSPS) is 34.3. The molecule has 1 aliphatic rings. The highest BCUT2D eigenvalue weighted by Gasteiger charge is 2.36. The molecule has 3 atom stereocenters. The van der Waals surface area contributed by atoms with Crippen molar-refractivity contribution >= 4 is 5.78 Å². The zero-order valence-electron chi connectivity index (χ0n) is 8.29. The second-order valence-corrected chi connectivity index (χ2v) is 4.36. The first kappa shape index (κ1) is 10.7.